The highest BCUT2D eigenvalue weighted by Crippen LogP contribution is 2.36. The Morgan fingerprint density at radius 3 is 2.90 bits per heavy atom. The van der Waals surface area contributed by atoms with Crippen molar-refractivity contribution in [2.24, 2.45) is 0 Å². The van der Waals surface area contributed by atoms with Crippen molar-refractivity contribution in [3.05, 3.63) is 41.6 Å². The molecule has 2 aliphatic heterocycles. The van der Waals surface area contributed by atoms with Crippen LogP contribution in [0, 0.1) is 23.7 Å². The molecule has 2 aromatic rings. The zero-order valence-corrected chi connectivity index (χ0v) is 17.8. The van der Waals surface area contributed by atoms with Gasteiger partial charge in [0, 0.05) is 30.5 Å². The number of nitrogens with one attached hydrogen (secondary N) is 1. The van der Waals surface area contributed by atoms with E-state index in [0.29, 0.717) is 41.3 Å². The van der Waals surface area contributed by atoms with Crippen LogP contribution in [0.1, 0.15) is 28.8 Å². The number of rotatable bonds is 4. The Balaban J connectivity index is 1.57. The quantitative estimate of drug-likeness (QED) is 0.741. The van der Waals surface area contributed by atoms with Gasteiger partial charge in [0.1, 0.15) is 6.04 Å². The number of pyridine rings is 1. The highest BCUT2D eigenvalue weighted by molar-refractivity contribution is 7.99. The van der Waals surface area contributed by atoms with Gasteiger partial charge < -0.3 is 15.0 Å². The fourth-order valence-corrected chi connectivity index (χ4v) is 5.13. The van der Waals surface area contributed by atoms with Crippen molar-refractivity contribution in [1.29, 1.82) is 5.26 Å². The van der Waals surface area contributed by atoms with E-state index in [-0.39, 0.29) is 18.4 Å². The molecular weight excluding hydrogens is 412 g/mol. The van der Waals surface area contributed by atoms with Crippen molar-refractivity contribution in [3.8, 4) is 18.4 Å². The van der Waals surface area contributed by atoms with E-state index in [9.17, 15) is 9.59 Å². The van der Waals surface area contributed by atoms with Crippen LogP contribution in [0.15, 0.2) is 30.5 Å². The predicted molar refractivity (Wildman–Crippen MR) is 118 cm³/mol. The van der Waals surface area contributed by atoms with Gasteiger partial charge in [-0.2, -0.15) is 5.26 Å². The molecule has 0 unspecified atom stereocenters. The van der Waals surface area contributed by atoms with Crippen molar-refractivity contribution < 1.29 is 14.3 Å². The number of terminal acetylenes is 1. The standard InChI is InChI=1S/C23H22N4O3S/c1-2-23(6-9-30-10-7-23)16-3-4-20-19(11-16)18(5-8-25-20)22(29)26-13-21(28)27-15-31-14-17(27)12-24/h1,3-5,8,11,17H,6-7,9-10,13-15H2,(H,26,29)/t17-/m1/s1. The number of hydrogen-bond donors (Lipinski definition) is 1. The molecule has 4 rings (SSSR count). The summed E-state index contributed by atoms with van der Waals surface area (Å²) in [5.74, 6) is 3.38. The molecule has 1 aromatic carbocycles. The Kier molecular flexibility index (Phi) is 6.13. The van der Waals surface area contributed by atoms with E-state index >= 15 is 0 Å². The molecule has 1 atom stereocenters. The lowest BCUT2D eigenvalue weighted by molar-refractivity contribution is -0.129. The normalized spacial score (nSPS) is 20.1. The number of aromatic nitrogens is 1. The first-order valence-electron chi connectivity index (χ1n) is 10.1. The monoisotopic (exact) mass is 434 g/mol. The van der Waals surface area contributed by atoms with Crippen LogP contribution in [0.5, 0.6) is 0 Å². The number of benzene rings is 1. The summed E-state index contributed by atoms with van der Waals surface area (Å²) in [4.78, 5) is 31.2. The predicted octanol–water partition coefficient (Wildman–Crippen LogP) is 2.07. The highest BCUT2D eigenvalue weighted by atomic mass is 32.2. The van der Waals surface area contributed by atoms with E-state index in [1.165, 1.54) is 16.7 Å². The van der Waals surface area contributed by atoms with Gasteiger partial charge in [0.25, 0.3) is 5.91 Å². The van der Waals surface area contributed by atoms with Crippen molar-refractivity contribution in [1.82, 2.24) is 15.2 Å². The third-order valence-corrected chi connectivity index (χ3v) is 6.93. The molecule has 8 heteroatoms. The van der Waals surface area contributed by atoms with E-state index < -0.39 is 11.5 Å². The van der Waals surface area contributed by atoms with Gasteiger partial charge in [0.15, 0.2) is 0 Å². The average Bonchev–Trinajstić information content (AvgIpc) is 3.31. The summed E-state index contributed by atoms with van der Waals surface area (Å²) in [5, 5.41) is 12.6. The van der Waals surface area contributed by atoms with Gasteiger partial charge in [-0.3, -0.25) is 14.6 Å². The zero-order valence-electron chi connectivity index (χ0n) is 17.0. The number of carbonyl (C=O) groups excluding carboxylic acids is 2. The van der Waals surface area contributed by atoms with Crippen LogP contribution < -0.4 is 5.32 Å². The first-order chi connectivity index (χ1) is 15.1. The number of ether oxygens (including phenoxy) is 1. The molecule has 1 N–H and O–H groups in total. The van der Waals surface area contributed by atoms with Crippen molar-refractivity contribution in [2.75, 3.05) is 31.4 Å². The maximum Gasteiger partial charge on any atom is 0.252 e. The first kappa shape index (κ1) is 21.2. The number of thioether (sulfide) groups is 1. The number of fused-ring (bicyclic) bond motifs is 1. The minimum Gasteiger partial charge on any atom is -0.381 e. The summed E-state index contributed by atoms with van der Waals surface area (Å²) >= 11 is 1.53. The third-order valence-electron chi connectivity index (χ3n) is 5.91. The second-order valence-corrected chi connectivity index (χ2v) is 8.62. The van der Waals surface area contributed by atoms with Crippen LogP contribution in [0.4, 0.5) is 0 Å². The summed E-state index contributed by atoms with van der Waals surface area (Å²) in [6, 6.07) is 9.10. The molecule has 2 saturated heterocycles. The molecule has 2 aliphatic rings. The van der Waals surface area contributed by atoms with E-state index in [1.807, 2.05) is 18.2 Å². The van der Waals surface area contributed by atoms with E-state index in [0.717, 1.165) is 18.4 Å². The van der Waals surface area contributed by atoms with Gasteiger partial charge >= 0.3 is 0 Å². The highest BCUT2D eigenvalue weighted by Gasteiger charge is 2.33. The van der Waals surface area contributed by atoms with Crippen LogP contribution in [0.25, 0.3) is 10.9 Å². The molecule has 0 saturated carbocycles. The minimum absolute atomic E-state index is 0.160. The summed E-state index contributed by atoms with van der Waals surface area (Å²) in [6.45, 7) is 1.04. The summed E-state index contributed by atoms with van der Waals surface area (Å²) in [7, 11) is 0. The molecule has 2 fully saturated rings. The van der Waals surface area contributed by atoms with Crippen molar-refractivity contribution in [3.63, 3.8) is 0 Å². The van der Waals surface area contributed by atoms with Crippen LogP contribution in [-0.4, -0.2) is 59.1 Å². The number of amides is 2. The minimum atomic E-state index is -0.446. The van der Waals surface area contributed by atoms with Gasteiger partial charge in [-0.25, -0.2) is 0 Å². The number of hydrogen-bond acceptors (Lipinski definition) is 6. The Morgan fingerprint density at radius 1 is 1.35 bits per heavy atom. The first-order valence-corrected chi connectivity index (χ1v) is 11.2. The second-order valence-electron chi connectivity index (χ2n) is 7.62. The molecule has 158 valence electrons. The molecule has 7 nitrogen and oxygen atoms in total. The topological polar surface area (TPSA) is 95.3 Å². The van der Waals surface area contributed by atoms with E-state index in [4.69, 9.17) is 16.4 Å². The lowest BCUT2D eigenvalue weighted by Crippen LogP contribution is -2.42. The fraction of sp³-hybridized carbons (Fsp3) is 0.391. The Labute approximate surface area is 185 Å². The van der Waals surface area contributed by atoms with E-state index in [2.05, 4.69) is 22.3 Å². The summed E-state index contributed by atoms with van der Waals surface area (Å²) < 4.78 is 5.48. The SMILES string of the molecule is C#CC1(c2ccc3nccc(C(=O)NCC(=O)N4CSC[C@H]4C#N)c3c2)CCOCC1. The number of nitrogens with zero attached hydrogens (tertiary/aromatic N) is 3. The molecular formula is C23H22N4O3S. The van der Waals surface area contributed by atoms with Crippen LogP contribution in [0.2, 0.25) is 0 Å². The third kappa shape index (κ3) is 4.10. The van der Waals surface area contributed by atoms with E-state index in [1.54, 1.807) is 12.3 Å². The number of carbonyl (C=O) groups is 2. The largest absolute Gasteiger partial charge is 0.381 e. The van der Waals surface area contributed by atoms with Gasteiger partial charge in [0.2, 0.25) is 5.91 Å². The molecule has 1 aromatic heterocycles. The van der Waals surface area contributed by atoms with Gasteiger partial charge in [-0.1, -0.05) is 12.0 Å². The van der Waals surface area contributed by atoms with Crippen LogP contribution in [0.3, 0.4) is 0 Å². The maximum absolute atomic E-state index is 12.9. The smallest absolute Gasteiger partial charge is 0.252 e. The molecule has 31 heavy (non-hydrogen) atoms. The second kappa shape index (κ2) is 8.97. The molecule has 0 aliphatic carbocycles. The molecule has 0 spiro atoms. The molecule has 0 bridgehead atoms. The van der Waals surface area contributed by atoms with Crippen molar-refractivity contribution in [2.45, 2.75) is 24.3 Å². The molecule has 2 amide bonds. The summed E-state index contributed by atoms with van der Waals surface area (Å²) in [5.41, 5.74) is 1.66. The fourth-order valence-electron chi connectivity index (χ4n) is 4.03. The van der Waals surface area contributed by atoms with Gasteiger partial charge in [0.05, 0.1) is 35.0 Å². The van der Waals surface area contributed by atoms with Gasteiger partial charge in [-0.05, 0) is 36.6 Å². The lowest BCUT2D eigenvalue weighted by atomic mass is 9.74. The molecule has 3 heterocycles. The summed E-state index contributed by atoms with van der Waals surface area (Å²) in [6.07, 6.45) is 8.93. The Morgan fingerprint density at radius 2 is 2.16 bits per heavy atom. The lowest BCUT2D eigenvalue weighted by Gasteiger charge is -2.33. The maximum atomic E-state index is 12.9. The van der Waals surface area contributed by atoms with Crippen molar-refractivity contribution >= 4 is 34.5 Å². The number of nitriles is 1. The zero-order chi connectivity index (χ0) is 21.8. The van der Waals surface area contributed by atoms with Gasteiger partial charge in [-0.15, -0.1) is 18.2 Å². The average molecular weight is 435 g/mol. The Bertz CT molecular complexity index is 1100. The van der Waals surface area contributed by atoms with Crippen LogP contribution in [-0.2, 0) is 14.9 Å². The molecule has 0 radical (unpaired) electrons. The van der Waals surface area contributed by atoms with Crippen LogP contribution >= 0.6 is 11.8 Å². The Hall–Kier alpha value is -3.07.